The van der Waals surface area contributed by atoms with Gasteiger partial charge in [0.15, 0.2) is 12.7 Å². The van der Waals surface area contributed by atoms with Gasteiger partial charge >= 0.3 is 5.97 Å². The van der Waals surface area contributed by atoms with Gasteiger partial charge in [-0.05, 0) is 55.5 Å². The number of halogens is 1. The second-order valence-corrected chi connectivity index (χ2v) is 5.53. The first-order chi connectivity index (χ1) is 12.9. The van der Waals surface area contributed by atoms with E-state index in [0.29, 0.717) is 17.0 Å². The highest BCUT2D eigenvalue weighted by Crippen LogP contribution is 2.13. The molecule has 2 aromatic rings. The van der Waals surface area contributed by atoms with Gasteiger partial charge in [0, 0.05) is 18.3 Å². The zero-order valence-electron chi connectivity index (χ0n) is 14.8. The van der Waals surface area contributed by atoms with E-state index in [4.69, 9.17) is 9.47 Å². The Kier molecular flexibility index (Phi) is 6.87. The zero-order valence-corrected chi connectivity index (χ0v) is 14.8. The Morgan fingerprint density at radius 2 is 1.67 bits per heavy atom. The normalized spacial score (nSPS) is 11.2. The molecule has 0 aliphatic carbocycles. The summed E-state index contributed by atoms with van der Waals surface area (Å²) in [6.07, 6.45) is -0.963. The summed E-state index contributed by atoms with van der Waals surface area (Å²) in [5.74, 6) is -1.62. The number of rotatable bonds is 7. The standard InChI is InChI=1S/C19H19FN2O5/c1-12(27-16-9-5-14(20)6-10-16)19(25)26-11-17(23)22-15-7-3-13(4-8-15)18(24)21-2/h3-10,12H,11H2,1-2H3,(H,21,24)(H,22,23)/t12-/m1/s1. The molecule has 1 atom stereocenters. The Hall–Kier alpha value is -3.42. The van der Waals surface area contributed by atoms with E-state index in [-0.39, 0.29) is 5.91 Å². The molecular weight excluding hydrogens is 355 g/mol. The number of hydrogen-bond donors (Lipinski definition) is 2. The third kappa shape index (κ3) is 6.10. The predicted octanol–water partition coefficient (Wildman–Crippen LogP) is 2.13. The topological polar surface area (TPSA) is 93.7 Å². The number of ether oxygens (including phenoxy) is 2. The van der Waals surface area contributed by atoms with Gasteiger partial charge in [-0.2, -0.15) is 0 Å². The van der Waals surface area contributed by atoms with Crippen LogP contribution in [0.1, 0.15) is 17.3 Å². The van der Waals surface area contributed by atoms with Crippen LogP contribution in [0, 0.1) is 5.82 Å². The second kappa shape index (κ2) is 9.33. The van der Waals surface area contributed by atoms with Crippen molar-refractivity contribution in [1.29, 1.82) is 0 Å². The van der Waals surface area contributed by atoms with E-state index in [1.165, 1.54) is 38.2 Å². The van der Waals surface area contributed by atoms with Crippen molar-refractivity contribution in [1.82, 2.24) is 5.32 Å². The molecule has 2 rings (SSSR count). The van der Waals surface area contributed by atoms with E-state index in [1.54, 1.807) is 24.3 Å². The summed E-state index contributed by atoms with van der Waals surface area (Å²) in [5.41, 5.74) is 0.910. The molecule has 0 aliphatic heterocycles. The molecule has 7 nitrogen and oxygen atoms in total. The van der Waals surface area contributed by atoms with Gasteiger partial charge in [0.25, 0.3) is 11.8 Å². The van der Waals surface area contributed by atoms with Crippen LogP contribution in [0.5, 0.6) is 5.75 Å². The molecule has 27 heavy (non-hydrogen) atoms. The fourth-order valence-corrected chi connectivity index (χ4v) is 2.07. The van der Waals surface area contributed by atoms with Crippen molar-refractivity contribution in [2.24, 2.45) is 0 Å². The summed E-state index contributed by atoms with van der Waals surface area (Å²) in [5, 5.41) is 5.04. The van der Waals surface area contributed by atoms with Gasteiger partial charge in [-0.1, -0.05) is 0 Å². The first kappa shape index (κ1) is 19.9. The summed E-state index contributed by atoms with van der Waals surface area (Å²) in [7, 11) is 1.52. The molecule has 0 heterocycles. The highest BCUT2D eigenvalue weighted by molar-refractivity contribution is 5.96. The number of benzene rings is 2. The maximum atomic E-state index is 12.8. The van der Waals surface area contributed by atoms with E-state index < -0.39 is 30.4 Å². The Balaban J connectivity index is 1.79. The number of nitrogens with one attached hydrogen (secondary N) is 2. The average Bonchev–Trinajstić information content (AvgIpc) is 2.67. The minimum atomic E-state index is -0.963. The molecule has 0 radical (unpaired) electrons. The monoisotopic (exact) mass is 374 g/mol. The third-order valence-corrected chi connectivity index (χ3v) is 3.46. The van der Waals surface area contributed by atoms with Gasteiger partial charge in [0.05, 0.1) is 0 Å². The van der Waals surface area contributed by atoms with E-state index >= 15 is 0 Å². The van der Waals surface area contributed by atoms with Crippen molar-refractivity contribution in [2.75, 3.05) is 19.0 Å². The van der Waals surface area contributed by atoms with Crippen LogP contribution in [0.3, 0.4) is 0 Å². The second-order valence-electron chi connectivity index (χ2n) is 5.53. The van der Waals surface area contributed by atoms with Gasteiger partial charge in [0.1, 0.15) is 11.6 Å². The third-order valence-electron chi connectivity index (χ3n) is 3.46. The summed E-state index contributed by atoms with van der Waals surface area (Å²) < 4.78 is 23.1. The summed E-state index contributed by atoms with van der Waals surface area (Å²) in [6.45, 7) is 0.967. The van der Waals surface area contributed by atoms with Crippen LogP contribution in [-0.4, -0.2) is 37.5 Å². The predicted molar refractivity (Wildman–Crippen MR) is 95.9 cm³/mol. The molecule has 0 spiro atoms. The lowest BCUT2D eigenvalue weighted by molar-refractivity contribution is -0.153. The molecule has 0 bridgehead atoms. The highest BCUT2D eigenvalue weighted by Gasteiger charge is 2.18. The molecule has 2 amide bonds. The minimum absolute atomic E-state index is 0.239. The van der Waals surface area contributed by atoms with Gasteiger partial charge in [-0.15, -0.1) is 0 Å². The Labute approximate surface area is 155 Å². The molecule has 0 saturated heterocycles. The van der Waals surface area contributed by atoms with Gasteiger partial charge in [-0.25, -0.2) is 9.18 Å². The molecular formula is C19H19FN2O5. The van der Waals surface area contributed by atoms with Crippen molar-refractivity contribution in [3.8, 4) is 5.75 Å². The molecule has 0 fully saturated rings. The number of esters is 1. The smallest absolute Gasteiger partial charge is 0.347 e. The van der Waals surface area contributed by atoms with E-state index in [9.17, 15) is 18.8 Å². The quantitative estimate of drug-likeness (QED) is 0.724. The van der Waals surface area contributed by atoms with Crippen molar-refractivity contribution >= 4 is 23.5 Å². The molecule has 0 unspecified atom stereocenters. The lowest BCUT2D eigenvalue weighted by atomic mass is 10.2. The van der Waals surface area contributed by atoms with Crippen LogP contribution < -0.4 is 15.4 Å². The summed E-state index contributed by atoms with van der Waals surface area (Å²) in [6, 6.07) is 11.4. The first-order valence-corrected chi connectivity index (χ1v) is 8.10. The Morgan fingerprint density at radius 3 is 2.26 bits per heavy atom. The van der Waals surface area contributed by atoms with Gasteiger partial charge in [0.2, 0.25) is 0 Å². The number of anilines is 1. The van der Waals surface area contributed by atoms with Crippen LogP contribution in [0.2, 0.25) is 0 Å². The van der Waals surface area contributed by atoms with Crippen LogP contribution in [0.4, 0.5) is 10.1 Å². The van der Waals surface area contributed by atoms with E-state index in [1.807, 2.05) is 0 Å². The average molecular weight is 374 g/mol. The lowest BCUT2D eigenvalue weighted by Gasteiger charge is -2.14. The lowest BCUT2D eigenvalue weighted by Crippen LogP contribution is -2.29. The molecule has 0 aliphatic rings. The fraction of sp³-hybridized carbons (Fsp3) is 0.211. The molecule has 0 saturated carbocycles. The maximum absolute atomic E-state index is 12.8. The van der Waals surface area contributed by atoms with Crippen molar-refractivity contribution < 1.29 is 28.2 Å². The van der Waals surface area contributed by atoms with Crippen molar-refractivity contribution in [3.63, 3.8) is 0 Å². The first-order valence-electron chi connectivity index (χ1n) is 8.10. The Bertz CT molecular complexity index is 806. The summed E-state index contributed by atoms with van der Waals surface area (Å²) >= 11 is 0. The fourth-order valence-electron chi connectivity index (χ4n) is 2.07. The minimum Gasteiger partial charge on any atom is -0.479 e. The van der Waals surface area contributed by atoms with Crippen LogP contribution >= 0.6 is 0 Å². The van der Waals surface area contributed by atoms with Crippen LogP contribution in [-0.2, 0) is 14.3 Å². The molecule has 142 valence electrons. The molecule has 2 N–H and O–H groups in total. The SMILES string of the molecule is CNC(=O)c1ccc(NC(=O)COC(=O)[C@@H](C)Oc2ccc(F)cc2)cc1. The highest BCUT2D eigenvalue weighted by atomic mass is 19.1. The van der Waals surface area contributed by atoms with Crippen molar-refractivity contribution in [3.05, 3.63) is 59.9 Å². The number of carbonyl (C=O) groups is 3. The zero-order chi connectivity index (χ0) is 19.8. The van der Waals surface area contributed by atoms with Crippen molar-refractivity contribution in [2.45, 2.75) is 13.0 Å². The number of amides is 2. The number of carbonyl (C=O) groups excluding carboxylic acids is 3. The van der Waals surface area contributed by atoms with E-state index in [0.717, 1.165) is 0 Å². The van der Waals surface area contributed by atoms with Gasteiger partial charge < -0.3 is 20.1 Å². The van der Waals surface area contributed by atoms with Crippen LogP contribution in [0.25, 0.3) is 0 Å². The number of hydrogen-bond acceptors (Lipinski definition) is 5. The Morgan fingerprint density at radius 1 is 1.04 bits per heavy atom. The van der Waals surface area contributed by atoms with Crippen LogP contribution in [0.15, 0.2) is 48.5 Å². The van der Waals surface area contributed by atoms with Gasteiger partial charge in [-0.3, -0.25) is 9.59 Å². The van der Waals surface area contributed by atoms with E-state index in [2.05, 4.69) is 10.6 Å². The maximum Gasteiger partial charge on any atom is 0.347 e. The summed E-state index contributed by atoms with van der Waals surface area (Å²) in [4.78, 5) is 35.2. The molecule has 8 heteroatoms. The molecule has 2 aromatic carbocycles. The molecule has 0 aromatic heterocycles. The largest absolute Gasteiger partial charge is 0.479 e.